The van der Waals surface area contributed by atoms with Gasteiger partial charge in [-0.3, -0.25) is 4.79 Å². The van der Waals surface area contributed by atoms with Gasteiger partial charge in [0.05, 0.1) is 5.69 Å². The summed E-state index contributed by atoms with van der Waals surface area (Å²) in [5.74, 6) is 0.0838. The maximum Gasteiger partial charge on any atom is 0.270 e. The number of aromatic nitrogens is 3. The SMILES string of the molecule is Nc1ncc(-c2cccc(C(=O)NC3CCC3)n2)cn1. The van der Waals surface area contributed by atoms with E-state index in [-0.39, 0.29) is 11.9 Å². The zero-order valence-corrected chi connectivity index (χ0v) is 10.9. The Balaban J connectivity index is 1.81. The van der Waals surface area contributed by atoms with Gasteiger partial charge in [0.25, 0.3) is 5.91 Å². The van der Waals surface area contributed by atoms with Crippen LogP contribution in [-0.2, 0) is 0 Å². The van der Waals surface area contributed by atoms with Crippen molar-refractivity contribution in [3.05, 3.63) is 36.3 Å². The Morgan fingerprint density at radius 3 is 2.65 bits per heavy atom. The van der Waals surface area contributed by atoms with Crippen LogP contribution in [0.3, 0.4) is 0 Å². The minimum atomic E-state index is -0.132. The van der Waals surface area contributed by atoms with Crippen molar-refractivity contribution in [1.82, 2.24) is 20.3 Å². The third kappa shape index (κ3) is 2.59. The fourth-order valence-electron chi connectivity index (χ4n) is 2.00. The normalized spacial score (nSPS) is 14.6. The van der Waals surface area contributed by atoms with Gasteiger partial charge < -0.3 is 11.1 Å². The molecule has 3 N–H and O–H groups in total. The van der Waals surface area contributed by atoms with E-state index in [0.29, 0.717) is 17.4 Å². The van der Waals surface area contributed by atoms with Crippen molar-refractivity contribution in [3.8, 4) is 11.3 Å². The highest BCUT2D eigenvalue weighted by Gasteiger charge is 2.20. The van der Waals surface area contributed by atoms with Gasteiger partial charge >= 0.3 is 0 Å². The van der Waals surface area contributed by atoms with Crippen LogP contribution in [0.2, 0.25) is 0 Å². The van der Waals surface area contributed by atoms with Gasteiger partial charge in [-0.05, 0) is 31.4 Å². The summed E-state index contributed by atoms with van der Waals surface area (Å²) in [7, 11) is 0. The molecule has 2 heterocycles. The van der Waals surface area contributed by atoms with Crippen molar-refractivity contribution < 1.29 is 4.79 Å². The highest BCUT2D eigenvalue weighted by Crippen LogP contribution is 2.19. The minimum absolute atomic E-state index is 0.132. The lowest BCUT2D eigenvalue weighted by Gasteiger charge is -2.26. The lowest BCUT2D eigenvalue weighted by molar-refractivity contribution is 0.0912. The lowest BCUT2D eigenvalue weighted by Crippen LogP contribution is -2.39. The first kappa shape index (κ1) is 12.5. The van der Waals surface area contributed by atoms with Gasteiger partial charge in [-0.1, -0.05) is 6.07 Å². The topological polar surface area (TPSA) is 93.8 Å². The maximum absolute atomic E-state index is 12.1. The molecule has 0 saturated heterocycles. The van der Waals surface area contributed by atoms with Crippen molar-refractivity contribution in [2.45, 2.75) is 25.3 Å². The molecule has 1 amide bonds. The van der Waals surface area contributed by atoms with Crippen LogP contribution in [-0.4, -0.2) is 26.9 Å². The van der Waals surface area contributed by atoms with Gasteiger partial charge in [0.15, 0.2) is 0 Å². The molecule has 0 bridgehead atoms. The summed E-state index contributed by atoms with van der Waals surface area (Å²) in [6.07, 6.45) is 6.48. The quantitative estimate of drug-likeness (QED) is 0.878. The molecule has 3 rings (SSSR count). The Hall–Kier alpha value is -2.50. The average Bonchev–Trinajstić information content (AvgIpc) is 2.43. The maximum atomic E-state index is 12.1. The molecule has 0 aromatic carbocycles. The van der Waals surface area contributed by atoms with E-state index in [2.05, 4.69) is 20.3 Å². The van der Waals surface area contributed by atoms with Crippen LogP contribution in [0, 0.1) is 0 Å². The number of carbonyl (C=O) groups is 1. The van der Waals surface area contributed by atoms with Crippen LogP contribution < -0.4 is 11.1 Å². The molecule has 1 fully saturated rings. The molecule has 1 aliphatic rings. The molecule has 0 radical (unpaired) electrons. The predicted molar refractivity (Wildman–Crippen MR) is 74.8 cm³/mol. The summed E-state index contributed by atoms with van der Waals surface area (Å²) in [5, 5.41) is 2.97. The van der Waals surface area contributed by atoms with Crippen LogP contribution in [0.4, 0.5) is 5.95 Å². The van der Waals surface area contributed by atoms with Crippen molar-refractivity contribution >= 4 is 11.9 Å². The number of nitrogens with one attached hydrogen (secondary N) is 1. The van der Waals surface area contributed by atoms with Crippen molar-refractivity contribution in [1.29, 1.82) is 0 Å². The summed E-state index contributed by atoms with van der Waals surface area (Å²) in [4.78, 5) is 24.3. The average molecular weight is 269 g/mol. The first-order valence-corrected chi connectivity index (χ1v) is 6.58. The molecule has 6 nitrogen and oxygen atoms in total. The van der Waals surface area contributed by atoms with Gasteiger partial charge in [-0.2, -0.15) is 0 Å². The Morgan fingerprint density at radius 1 is 1.25 bits per heavy atom. The first-order chi connectivity index (χ1) is 9.72. The summed E-state index contributed by atoms with van der Waals surface area (Å²) in [6, 6.07) is 5.62. The molecule has 2 aromatic heterocycles. The molecule has 0 atom stereocenters. The number of amides is 1. The van der Waals surface area contributed by atoms with Crippen LogP contribution in [0.1, 0.15) is 29.8 Å². The Kier molecular flexibility index (Phi) is 3.28. The summed E-state index contributed by atoms with van der Waals surface area (Å²) in [6.45, 7) is 0. The van der Waals surface area contributed by atoms with Crippen molar-refractivity contribution in [2.75, 3.05) is 5.73 Å². The number of nitrogens with two attached hydrogens (primary N) is 1. The summed E-state index contributed by atoms with van der Waals surface area (Å²) in [5.41, 5.74) is 7.25. The van der Waals surface area contributed by atoms with Crippen LogP contribution in [0.15, 0.2) is 30.6 Å². The van der Waals surface area contributed by atoms with Gasteiger partial charge in [0, 0.05) is 24.0 Å². The predicted octanol–water partition coefficient (Wildman–Crippen LogP) is 1.40. The smallest absolute Gasteiger partial charge is 0.270 e. The molecular weight excluding hydrogens is 254 g/mol. The van der Waals surface area contributed by atoms with Gasteiger partial charge in [0.2, 0.25) is 5.95 Å². The Morgan fingerprint density at radius 2 is 2.00 bits per heavy atom. The third-order valence-electron chi connectivity index (χ3n) is 3.39. The molecule has 0 spiro atoms. The van der Waals surface area contributed by atoms with E-state index in [1.54, 1.807) is 24.5 Å². The Labute approximate surface area is 116 Å². The fraction of sp³-hybridized carbons (Fsp3) is 0.286. The second-order valence-corrected chi connectivity index (χ2v) is 4.84. The monoisotopic (exact) mass is 269 g/mol. The van der Waals surface area contributed by atoms with E-state index in [9.17, 15) is 4.79 Å². The number of nitrogens with zero attached hydrogens (tertiary/aromatic N) is 3. The molecule has 2 aromatic rings. The number of anilines is 1. The second kappa shape index (κ2) is 5.24. The number of hydrogen-bond donors (Lipinski definition) is 2. The van der Waals surface area contributed by atoms with E-state index >= 15 is 0 Å². The fourth-order valence-corrected chi connectivity index (χ4v) is 2.00. The number of pyridine rings is 1. The second-order valence-electron chi connectivity index (χ2n) is 4.84. The Bertz CT molecular complexity index is 622. The highest BCUT2D eigenvalue weighted by molar-refractivity contribution is 5.93. The van der Waals surface area contributed by atoms with Crippen LogP contribution >= 0.6 is 0 Å². The van der Waals surface area contributed by atoms with Crippen LogP contribution in [0.25, 0.3) is 11.3 Å². The van der Waals surface area contributed by atoms with E-state index in [1.807, 2.05) is 6.07 Å². The van der Waals surface area contributed by atoms with Crippen LogP contribution in [0.5, 0.6) is 0 Å². The number of carbonyl (C=O) groups excluding carboxylic acids is 1. The van der Waals surface area contributed by atoms with Gasteiger partial charge in [0.1, 0.15) is 5.69 Å². The van der Waals surface area contributed by atoms with Gasteiger partial charge in [-0.15, -0.1) is 0 Å². The minimum Gasteiger partial charge on any atom is -0.368 e. The molecule has 0 aliphatic heterocycles. The van der Waals surface area contributed by atoms with Crippen molar-refractivity contribution in [2.24, 2.45) is 0 Å². The summed E-state index contributed by atoms with van der Waals surface area (Å²) < 4.78 is 0. The molecule has 1 saturated carbocycles. The molecule has 1 aliphatic carbocycles. The van der Waals surface area contributed by atoms with Gasteiger partial charge in [-0.25, -0.2) is 15.0 Å². The molecule has 102 valence electrons. The molecule has 6 heteroatoms. The number of rotatable bonds is 3. The van der Waals surface area contributed by atoms with E-state index in [0.717, 1.165) is 18.4 Å². The zero-order chi connectivity index (χ0) is 13.9. The molecular formula is C14H15N5O. The highest BCUT2D eigenvalue weighted by atomic mass is 16.1. The standard InChI is InChI=1S/C14H15N5O/c15-14-16-7-9(8-17-14)11-5-2-6-12(19-11)13(20)18-10-3-1-4-10/h2,5-8,10H,1,3-4H2,(H,18,20)(H2,15,16,17). The molecule has 20 heavy (non-hydrogen) atoms. The van der Waals surface area contributed by atoms with E-state index in [4.69, 9.17) is 5.73 Å². The van der Waals surface area contributed by atoms with E-state index in [1.165, 1.54) is 6.42 Å². The number of hydrogen-bond acceptors (Lipinski definition) is 5. The third-order valence-corrected chi connectivity index (χ3v) is 3.39. The van der Waals surface area contributed by atoms with Crippen molar-refractivity contribution in [3.63, 3.8) is 0 Å². The first-order valence-electron chi connectivity index (χ1n) is 6.58. The zero-order valence-electron chi connectivity index (χ0n) is 10.9. The number of nitrogen functional groups attached to an aromatic ring is 1. The largest absolute Gasteiger partial charge is 0.368 e. The van der Waals surface area contributed by atoms with E-state index < -0.39 is 0 Å². The molecule has 0 unspecified atom stereocenters. The lowest BCUT2D eigenvalue weighted by atomic mass is 9.93. The summed E-state index contributed by atoms with van der Waals surface area (Å²) >= 11 is 0.